The molecule has 1 aromatic rings. The summed E-state index contributed by atoms with van der Waals surface area (Å²) in [6.45, 7) is 9.29. The average Bonchev–Trinajstić information content (AvgIpc) is 2.54. The van der Waals surface area contributed by atoms with E-state index in [1.807, 2.05) is 19.9 Å². The van der Waals surface area contributed by atoms with Crippen molar-refractivity contribution in [2.24, 2.45) is 0 Å². The minimum atomic E-state index is -0.621. The molecular weight excluding hydrogens is 244 g/mol. The first-order chi connectivity index (χ1) is 8.69. The van der Waals surface area contributed by atoms with Crippen LogP contribution in [0.1, 0.15) is 48.1 Å². The van der Waals surface area contributed by atoms with Crippen LogP contribution >= 0.6 is 0 Å². The molecule has 0 saturated carbocycles. The van der Waals surface area contributed by atoms with Gasteiger partial charge in [0.15, 0.2) is 0 Å². The van der Waals surface area contributed by atoms with Crippen molar-refractivity contribution in [2.45, 2.75) is 46.8 Å². The quantitative estimate of drug-likeness (QED) is 0.721. The van der Waals surface area contributed by atoms with Crippen molar-refractivity contribution in [1.29, 1.82) is 0 Å². The lowest BCUT2D eigenvalue weighted by Crippen LogP contribution is -2.37. The summed E-state index contributed by atoms with van der Waals surface area (Å²) in [5.74, 6) is -0.379. The second-order valence-corrected chi connectivity index (χ2v) is 5.78. The third-order valence-electron chi connectivity index (χ3n) is 2.85. The van der Waals surface area contributed by atoms with Crippen LogP contribution in [-0.4, -0.2) is 27.5 Å². The number of aryl methyl sites for hydroxylation is 2. The number of ether oxygens (including phenoxy) is 1. The Morgan fingerprint density at radius 3 is 2.58 bits per heavy atom. The first-order valence-corrected chi connectivity index (χ1v) is 6.21. The largest absolute Gasteiger partial charge is 0.443 e. The number of amides is 2. The van der Waals surface area contributed by atoms with Gasteiger partial charge in [-0.05, 0) is 46.2 Å². The lowest BCUT2D eigenvalue weighted by Gasteiger charge is -2.23. The van der Waals surface area contributed by atoms with Gasteiger partial charge in [0.2, 0.25) is 0 Å². The monoisotopic (exact) mass is 262 g/mol. The Balaban J connectivity index is 2.29. The molecule has 2 amide bonds. The standard InChI is InChI=1S/C14H18N2O3/c1-8-6-9(2)15-11-10(8)7-16(12(11)17)13(18)19-14(3,4)5/h6H,7H2,1-5H3. The molecule has 0 N–H and O–H groups in total. The van der Waals surface area contributed by atoms with Gasteiger partial charge in [-0.25, -0.2) is 14.7 Å². The molecule has 102 valence electrons. The van der Waals surface area contributed by atoms with Crippen LogP contribution in [0, 0.1) is 13.8 Å². The Kier molecular flexibility index (Phi) is 3.08. The molecule has 0 saturated heterocycles. The number of fused-ring (bicyclic) bond motifs is 1. The highest BCUT2D eigenvalue weighted by atomic mass is 16.6. The molecule has 0 radical (unpaired) electrons. The van der Waals surface area contributed by atoms with E-state index in [-0.39, 0.29) is 12.5 Å². The first-order valence-electron chi connectivity index (χ1n) is 6.21. The van der Waals surface area contributed by atoms with E-state index in [1.165, 1.54) is 0 Å². The highest BCUT2D eigenvalue weighted by molar-refractivity contribution is 6.05. The second kappa shape index (κ2) is 4.33. The molecule has 0 bridgehead atoms. The summed E-state index contributed by atoms with van der Waals surface area (Å²) in [6.07, 6.45) is -0.618. The van der Waals surface area contributed by atoms with E-state index in [4.69, 9.17) is 4.74 Å². The number of hydrogen-bond donors (Lipinski definition) is 0. The van der Waals surface area contributed by atoms with Gasteiger partial charge in [-0.1, -0.05) is 0 Å². The van der Waals surface area contributed by atoms with Gasteiger partial charge in [-0.2, -0.15) is 0 Å². The van der Waals surface area contributed by atoms with Crippen LogP contribution in [-0.2, 0) is 11.3 Å². The number of imide groups is 1. The lowest BCUT2D eigenvalue weighted by molar-refractivity contribution is 0.0247. The molecule has 0 fully saturated rings. The van der Waals surface area contributed by atoms with Crippen LogP contribution < -0.4 is 0 Å². The molecule has 5 heteroatoms. The van der Waals surface area contributed by atoms with Crippen LogP contribution in [0.2, 0.25) is 0 Å². The SMILES string of the molecule is Cc1cc(C)c2c(n1)C(=O)N(C(=O)OC(C)(C)C)C2. The van der Waals surface area contributed by atoms with Crippen molar-refractivity contribution < 1.29 is 14.3 Å². The van der Waals surface area contributed by atoms with Crippen molar-refractivity contribution in [3.8, 4) is 0 Å². The maximum Gasteiger partial charge on any atom is 0.417 e. The van der Waals surface area contributed by atoms with E-state index in [0.29, 0.717) is 5.69 Å². The Labute approximate surface area is 112 Å². The fraction of sp³-hybridized carbons (Fsp3) is 0.500. The van der Waals surface area contributed by atoms with Gasteiger partial charge in [0.25, 0.3) is 5.91 Å². The predicted molar refractivity (Wildman–Crippen MR) is 69.8 cm³/mol. The highest BCUT2D eigenvalue weighted by Crippen LogP contribution is 2.26. The number of carbonyl (C=O) groups excluding carboxylic acids is 2. The number of hydrogen-bond acceptors (Lipinski definition) is 4. The molecule has 1 aliphatic heterocycles. The van der Waals surface area contributed by atoms with Crippen LogP contribution in [0.3, 0.4) is 0 Å². The van der Waals surface area contributed by atoms with Crippen molar-refractivity contribution in [3.05, 3.63) is 28.6 Å². The van der Waals surface area contributed by atoms with Crippen molar-refractivity contribution in [2.75, 3.05) is 0 Å². The third kappa shape index (κ3) is 2.59. The summed E-state index contributed by atoms with van der Waals surface area (Å²) in [7, 11) is 0. The minimum Gasteiger partial charge on any atom is -0.443 e. The molecule has 0 spiro atoms. The smallest absolute Gasteiger partial charge is 0.417 e. The average molecular weight is 262 g/mol. The molecule has 1 aliphatic rings. The predicted octanol–water partition coefficient (Wildman–Crippen LogP) is 2.59. The zero-order chi connectivity index (χ0) is 14.4. The summed E-state index contributed by atoms with van der Waals surface area (Å²) < 4.78 is 5.23. The van der Waals surface area contributed by atoms with Crippen LogP contribution in [0.25, 0.3) is 0 Å². The molecular formula is C14H18N2O3. The Morgan fingerprint density at radius 1 is 1.37 bits per heavy atom. The van der Waals surface area contributed by atoms with Crippen LogP contribution in [0.15, 0.2) is 6.07 Å². The van der Waals surface area contributed by atoms with E-state index in [9.17, 15) is 9.59 Å². The summed E-state index contributed by atoms with van der Waals surface area (Å²) in [6, 6.07) is 1.91. The van der Waals surface area contributed by atoms with Gasteiger partial charge in [0.05, 0.1) is 6.54 Å². The summed E-state index contributed by atoms with van der Waals surface area (Å²) in [5.41, 5.74) is 2.30. The zero-order valence-corrected chi connectivity index (χ0v) is 11.9. The van der Waals surface area contributed by atoms with Gasteiger partial charge >= 0.3 is 6.09 Å². The van der Waals surface area contributed by atoms with E-state index < -0.39 is 11.7 Å². The lowest BCUT2D eigenvalue weighted by atomic mass is 10.1. The van der Waals surface area contributed by atoms with E-state index in [2.05, 4.69) is 4.98 Å². The number of pyridine rings is 1. The normalized spacial score (nSPS) is 14.6. The maximum absolute atomic E-state index is 12.2. The minimum absolute atomic E-state index is 0.238. The van der Waals surface area contributed by atoms with Gasteiger partial charge < -0.3 is 4.74 Å². The van der Waals surface area contributed by atoms with Crippen molar-refractivity contribution in [3.63, 3.8) is 0 Å². The summed E-state index contributed by atoms with van der Waals surface area (Å²) in [5, 5.41) is 0. The molecule has 0 aromatic carbocycles. The van der Waals surface area contributed by atoms with E-state index in [0.717, 1.165) is 21.7 Å². The summed E-state index contributed by atoms with van der Waals surface area (Å²) >= 11 is 0. The Hall–Kier alpha value is -1.91. The fourth-order valence-corrected chi connectivity index (χ4v) is 2.06. The number of carbonyl (C=O) groups is 2. The van der Waals surface area contributed by atoms with E-state index in [1.54, 1.807) is 20.8 Å². The number of rotatable bonds is 0. The Bertz CT molecular complexity index is 559. The second-order valence-electron chi connectivity index (χ2n) is 5.78. The van der Waals surface area contributed by atoms with Gasteiger partial charge in [-0.15, -0.1) is 0 Å². The Morgan fingerprint density at radius 2 is 2.00 bits per heavy atom. The highest BCUT2D eigenvalue weighted by Gasteiger charge is 2.37. The third-order valence-corrected chi connectivity index (χ3v) is 2.85. The van der Waals surface area contributed by atoms with Crippen LogP contribution in [0.5, 0.6) is 0 Å². The first kappa shape index (κ1) is 13.5. The fourth-order valence-electron chi connectivity index (χ4n) is 2.06. The molecule has 0 aliphatic carbocycles. The molecule has 0 atom stereocenters. The van der Waals surface area contributed by atoms with Gasteiger partial charge in [-0.3, -0.25) is 4.79 Å². The van der Waals surface area contributed by atoms with Crippen LogP contribution in [0.4, 0.5) is 4.79 Å². The number of aromatic nitrogens is 1. The van der Waals surface area contributed by atoms with Gasteiger partial charge in [0.1, 0.15) is 11.3 Å². The molecule has 2 heterocycles. The maximum atomic E-state index is 12.2. The zero-order valence-electron chi connectivity index (χ0n) is 11.9. The van der Waals surface area contributed by atoms with E-state index >= 15 is 0 Å². The van der Waals surface area contributed by atoms with Gasteiger partial charge in [0, 0.05) is 11.3 Å². The summed E-state index contributed by atoms with van der Waals surface area (Å²) in [4.78, 5) is 29.5. The van der Waals surface area contributed by atoms with Crippen molar-refractivity contribution in [1.82, 2.24) is 9.88 Å². The molecule has 5 nitrogen and oxygen atoms in total. The topological polar surface area (TPSA) is 59.5 Å². The number of nitrogens with zero attached hydrogens (tertiary/aromatic N) is 2. The molecule has 19 heavy (non-hydrogen) atoms. The van der Waals surface area contributed by atoms with Crippen molar-refractivity contribution >= 4 is 12.0 Å². The molecule has 0 unspecified atom stereocenters. The molecule has 1 aromatic heterocycles. The molecule has 2 rings (SSSR count).